The molecule has 2 aliphatic heterocycles. The summed E-state index contributed by atoms with van der Waals surface area (Å²) >= 11 is 0. The molecule has 0 bridgehead atoms. The first kappa shape index (κ1) is 16.8. The fraction of sp³-hybridized carbons (Fsp3) is 0.500. The van der Waals surface area contributed by atoms with E-state index in [0.717, 1.165) is 30.9 Å². The molecule has 6 nitrogen and oxygen atoms in total. The molecule has 1 saturated heterocycles. The van der Waals surface area contributed by atoms with Gasteiger partial charge in [-0.3, -0.25) is 0 Å². The monoisotopic (exact) mass is 328 g/mol. The minimum Gasteiger partial charge on any atom is -0.364 e. The van der Waals surface area contributed by atoms with Crippen LogP contribution >= 0.6 is 0 Å². The summed E-state index contributed by atoms with van der Waals surface area (Å²) in [5, 5.41) is 9.60. The lowest BCUT2D eigenvalue weighted by molar-refractivity contribution is 0.241. The highest BCUT2D eigenvalue weighted by molar-refractivity contribution is 5.99. The van der Waals surface area contributed by atoms with E-state index in [1.807, 2.05) is 12.1 Å². The van der Waals surface area contributed by atoms with Crippen molar-refractivity contribution in [1.29, 1.82) is 0 Å². The maximum absolute atomic E-state index is 5.74. The van der Waals surface area contributed by atoms with E-state index < -0.39 is 0 Å². The molecule has 2 heterocycles. The molecule has 1 aromatic carbocycles. The molecule has 1 aromatic rings. The van der Waals surface area contributed by atoms with Crippen LogP contribution in [0.2, 0.25) is 0 Å². The summed E-state index contributed by atoms with van der Waals surface area (Å²) in [6.45, 7) is 4.28. The number of nitrogens with zero attached hydrogens (tertiary/aromatic N) is 3. The third-order valence-electron chi connectivity index (χ3n) is 4.76. The second-order valence-electron chi connectivity index (χ2n) is 6.89. The van der Waals surface area contributed by atoms with E-state index >= 15 is 0 Å². The van der Waals surface area contributed by atoms with Gasteiger partial charge in [-0.25, -0.2) is 5.43 Å². The van der Waals surface area contributed by atoms with Crippen molar-refractivity contribution in [3.05, 3.63) is 47.2 Å². The van der Waals surface area contributed by atoms with Crippen LogP contribution in [-0.4, -0.2) is 49.0 Å². The average molecular weight is 328 g/mol. The van der Waals surface area contributed by atoms with Crippen molar-refractivity contribution in [3.63, 3.8) is 0 Å². The van der Waals surface area contributed by atoms with E-state index in [2.05, 4.69) is 65.2 Å². The SMILES string of the molecule is Cc1ccc(C2NN(C)C=C2/C(=N\N)N[C@@H]2CCCN(C)C2)cc1. The second kappa shape index (κ2) is 7.23. The second-order valence-corrected chi connectivity index (χ2v) is 6.89. The standard InChI is InChI=1S/C18H28N6/c1-13-6-8-14(9-7-13)17-16(12-24(3)22-17)18(21-19)20-15-5-4-10-23(2)11-15/h6-9,12,15,17,22H,4-5,10-11,19H2,1-3H3,(H,20,21)/t15-,17?/m1/s1. The number of hydrogen-bond donors (Lipinski definition) is 3. The Bertz CT molecular complexity index is 621. The minimum atomic E-state index is 0.0618. The lowest BCUT2D eigenvalue weighted by Gasteiger charge is -2.31. The molecule has 0 amide bonds. The maximum atomic E-state index is 5.74. The summed E-state index contributed by atoms with van der Waals surface area (Å²) in [6, 6.07) is 9.03. The smallest absolute Gasteiger partial charge is 0.152 e. The van der Waals surface area contributed by atoms with Gasteiger partial charge >= 0.3 is 0 Å². The minimum absolute atomic E-state index is 0.0618. The van der Waals surface area contributed by atoms with Crippen molar-refractivity contribution >= 4 is 5.84 Å². The van der Waals surface area contributed by atoms with Gasteiger partial charge < -0.3 is 21.1 Å². The number of likely N-dealkylation sites (N-methyl/N-ethyl adjacent to an activating group) is 1. The molecular formula is C18H28N6. The first-order valence-electron chi connectivity index (χ1n) is 8.57. The Labute approximate surface area is 144 Å². The van der Waals surface area contributed by atoms with Crippen LogP contribution in [0.3, 0.4) is 0 Å². The van der Waals surface area contributed by atoms with Gasteiger partial charge in [0.2, 0.25) is 0 Å². The number of hydrogen-bond acceptors (Lipinski definition) is 5. The molecule has 0 saturated carbocycles. The Morgan fingerprint density at radius 3 is 2.71 bits per heavy atom. The highest BCUT2D eigenvalue weighted by Crippen LogP contribution is 2.28. The lowest BCUT2D eigenvalue weighted by atomic mass is 9.98. The number of nitrogens with two attached hydrogens (primary N) is 1. The molecular weight excluding hydrogens is 300 g/mol. The molecule has 0 aromatic heterocycles. The molecule has 0 aliphatic carbocycles. The van der Waals surface area contributed by atoms with Gasteiger partial charge in [-0.15, -0.1) is 0 Å². The lowest BCUT2D eigenvalue weighted by Crippen LogP contribution is -2.47. The highest BCUT2D eigenvalue weighted by Gasteiger charge is 2.29. The predicted octanol–water partition coefficient (Wildman–Crippen LogP) is 1.33. The molecule has 130 valence electrons. The summed E-state index contributed by atoms with van der Waals surface area (Å²) in [5.74, 6) is 6.51. The number of amidine groups is 1. The number of hydrazine groups is 1. The maximum Gasteiger partial charge on any atom is 0.152 e. The van der Waals surface area contributed by atoms with Crippen LogP contribution in [0.5, 0.6) is 0 Å². The topological polar surface area (TPSA) is 68.9 Å². The largest absolute Gasteiger partial charge is 0.364 e. The van der Waals surface area contributed by atoms with Gasteiger partial charge in [-0.2, -0.15) is 5.10 Å². The van der Waals surface area contributed by atoms with E-state index in [-0.39, 0.29) is 6.04 Å². The number of benzene rings is 1. The van der Waals surface area contributed by atoms with Gasteiger partial charge in [-0.05, 0) is 38.9 Å². The van der Waals surface area contributed by atoms with Crippen molar-refractivity contribution in [2.75, 3.05) is 27.2 Å². The van der Waals surface area contributed by atoms with Gasteiger partial charge in [0.05, 0.1) is 6.04 Å². The van der Waals surface area contributed by atoms with Crippen LogP contribution in [-0.2, 0) is 0 Å². The molecule has 4 N–H and O–H groups in total. The van der Waals surface area contributed by atoms with E-state index in [0.29, 0.717) is 6.04 Å². The number of aryl methyl sites for hydroxylation is 1. The number of hydrazone groups is 1. The Morgan fingerprint density at radius 1 is 1.29 bits per heavy atom. The fourth-order valence-corrected chi connectivity index (χ4v) is 3.48. The van der Waals surface area contributed by atoms with E-state index in [9.17, 15) is 0 Å². The number of likely N-dealkylation sites (tertiary alicyclic amines) is 1. The molecule has 0 spiro atoms. The van der Waals surface area contributed by atoms with Crippen LogP contribution in [0.4, 0.5) is 0 Å². The molecule has 0 radical (unpaired) electrons. The average Bonchev–Trinajstić information content (AvgIpc) is 2.95. The first-order chi connectivity index (χ1) is 11.6. The molecule has 6 heteroatoms. The summed E-state index contributed by atoms with van der Waals surface area (Å²) in [7, 11) is 4.16. The van der Waals surface area contributed by atoms with Crippen molar-refractivity contribution in [3.8, 4) is 0 Å². The predicted molar refractivity (Wildman–Crippen MR) is 98.2 cm³/mol. The van der Waals surface area contributed by atoms with Crippen LogP contribution in [0, 0.1) is 6.92 Å². The number of rotatable bonds is 3. The third kappa shape index (κ3) is 3.71. The van der Waals surface area contributed by atoms with Gasteiger partial charge in [0.1, 0.15) is 0 Å². The number of piperidine rings is 1. The summed E-state index contributed by atoms with van der Waals surface area (Å²) < 4.78 is 0. The summed E-state index contributed by atoms with van der Waals surface area (Å²) in [4.78, 5) is 2.35. The molecule has 24 heavy (non-hydrogen) atoms. The molecule has 2 aliphatic rings. The molecule has 3 rings (SSSR count). The Hall–Kier alpha value is -2.05. The molecule has 1 fully saturated rings. The summed E-state index contributed by atoms with van der Waals surface area (Å²) in [6.07, 6.45) is 4.41. The van der Waals surface area contributed by atoms with Gasteiger partial charge in [0, 0.05) is 31.4 Å². The van der Waals surface area contributed by atoms with E-state index in [1.54, 1.807) is 0 Å². The van der Waals surface area contributed by atoms with Crippen molar-refractivity contribution in [2.45, 2.75) is 31.8 Å². The van der Waals surface area contributed by atoms with Gasteiger partial charge in [0.25, 0.3) is 0 Å². The number of nitrogens with one attached hydrogen (secondary N) is 2. The zero-order chi connectivity index (χ0) is 17.1. The Balaban J connectivity index is 1.78. The van der Waals surface area contributed by atoms with E-state index in [1.165, 1.54) is 17.5 Å². The zero-order valence-corrected chi connectivity index (χ0v) is 14.8. The van der Waals surface area contributed by atoms with Crippen LogP contribution in [0.1, 0.15) is 30.0 Å². The van der Waals surface area contributed by atoms with Crippen LogP contribution in [0.15, 0.2) is 41.1 Å². The van der Waals surface area contributed by atoms with Crippen LogP contribution in [0.25, 0.3) is 0 Å². The fourth-order valence-electron chi connectivity index (χ4n) is 3.48. The van der Waals surface area contributed by atoms with Crippen molar-refractivity contribution in [1.82, 2.24) is 20.7 Å². The van der Waals surface area contributed by atoms with E-state index in [4.69, 9.17) is 5.84 Å². The Kier molecular flexibility index (Phi) is 5.06. The van der Waals surface area contributed by atoms with Crippen LogP contribution < -0.4 is 16.6 Å². The quantitative estimate of drug-likeness (QED) is 0.338. The molecule has 2 atom stereocenters. The van der Waals surface area contributed by atoms with Gasteiger partial charge in [-0.1, -0.05) is 29.8 Å². The molecule has 1 unspecified atom stereocenters. The summed E-state index contributed by atoms with van der Waals surface area (Å²) in [5.41, 5.74) is 7.00. The highest BCUT2D eigenvalue weighted by atomic mass is 15.5. The first-order valence-corrected chi connectivity index (χ1v) is 8.57. The van der Waals surface area contributed by atoms with Gasteiger partial charge in [0.15, 0.2) is 5.84 Å². The third-order valence-corrected chi connectivity index (χ3v) is 4.76. The zero-order valence-electron chi connectivity index (χ0n) is 14.8. The normalized spacial score (nSPS) is 25.7. The Morgan fingerprint density at radius 2 is 2.04 bits per heavy atom. The van der Waals surface area contributed by atoms with Crippen molar-refractivity contribution in [2.24, 2.45) is 10.9 Å². The van der Waals surface area contributed by atoms with Crippen molar-refractivity contribution < 1.29 is 0 Å².